The number of nitrogens with zero attached hydrogens (tertiary/aromatic N) is 1. The van der Waals surface area contributed by atoms with Crippen molar-refractivity contribution in [2.75, 3.05) is 13.7 Å². The fourth-order valence-electron chi connectivity index (χ4n) is 1.22. The lowest BCUT2D eigenvalue weighted by atomic mass is 10.1. The standard InChI is InChI=1S/C11H15NO4/c1-7(6-13)12(2)11(16)8-4-3-5-9(14)10(8)15/h3-5,7,13-15H,6H2,1-2H3. The van der Waals surface area contributed by atoms with E-state index in [2.05, 4.69) is 0 Å². The van der Waals surface area contributed by atoms with Crippen LogP contribution in [-0.2, 0) is 0 Å². The number of likely N-dealkylation sites (N-methyl/N-ethyl adjacent to an activating group) is 1. The number of benzene rings is 1. The molecule has 5 nitrogen and oxygen atoms in total. The summed E-state index contributed by atoms with van der Waals surface area (Å²) in [6.45, 7) is 1.51. The van der Waals surface area contributed by atoms with Gasteiger partial charge in [0.2, 0.25) is 0 Å². The molecule has 0 spiro atoms. The molecule has 0 aliphatic rings. The van der Waals surface area contributed by atoms with E-state index in [1.165, 1.54) is 30.1 Å². The van der Waals surface area contributed by atoms with Gasteiger partial charge in [-0.25, -0.2) is 0 Å². The zero-order chi connectivity index (χ0) is 12.3. The molecule has 0 aromatic heterocycles. The summed E-state index contributed by atoms with van der Waals surface area (Å²) in [5.41, 5.74) is 0.0165. The van der Waals surface area contributed by atoms with Crippen molar-refractivity contribution in [2.45, 2.75) is 13.0 Å². The van der Waals surface area contributed by atoms with Gasteiger partial charge in [-0.2, -0.15) is 0 Å². The molecule has 0 bridgehead atoms. The van der Waals surface area contributed by atoms with Crippen LogP contribution in [0.25, 0.3) is 0 Å². The molecule has 5 heteroatoms. The molecule has 3 N–H and O–H groups in total. The van der Waals surface area contributed by atoms with Crippen LogP contribution in [0.5, 0.6) is 11.5 Å². The van der Waals surface area contributed by atoms with Crippen molar-refractivity contribution in [3.63, 3.8) is 0 Å². The van der Waals surface area contributed by atoms with E-state index in [0.717, 1.165) is 0 Å². The van der Waals surface area contributed by atoms with E-state index in [4.69, 9.17) is 5.11 Å². The van der Waals surface area contributed by atoms with E-state index in [9.17, 15) is 15.0 Å². The molecule has 88 valence electrons. The highest BCUT2D eigenvalue weighted by molar-refractivity contribution is 5.97. The molecule has 0 heterocycles. The van der Waals surface area contributed by atoms with Crippen LogP contribution in [0.4, 0.5) is 0 Å². The Hall–Kier alpha value is -1.75. The second-order valence-corrected chi connectivity index (χ2v) is 3.62. The van der Waals surface area contributed by atoms with E-state index in [1.54, 1.807) is 6.92 Å². The number of hydrogen-bond acceptors (Lipinski definition) is 4. The minimum Gasteiger partial charge on any atom is -0.504 e. The van der Waals surface area contributed by atoms with Gasteiger partial charge in [0.25, 0.3) is 5.91 Å². The van der Waals surface area contributed by atoms with Crippen LogP contribution < -0.4 is 0 Å². The fourth-order valence-corrected chi connectivity index (χ4v) is 1.22. The molecular formula is C11H15NO4. The predicted molar refractivity (Wildman–Crippen MR) is 58.4 cm³/mol. The summed E-state index contributed by atoms with van der Waals surface area (Å²) in [5.74, 6) is -1.23. The van der Waals surface area contributed by atoms with Gasteiger partial charge in [0.15, 0.2) is 11.5 Å². The van der Waals surface area contributed by atoms with Crippen molar-refractivity contribution in [3.8, 4) is 11.5 Å². The summed E-state index contributed by atoms with van der Waals surface area (Å²) in [6.07, 6.45) is 0. The SMILES string of the molecule is CC(CO)N(C)C(=O)c1cccc(O)c1O. The first kappa shape index (κ1) is 12.3. The maximum Gasteiger partial charge on any atom is 0.257 e. The maximum absolute atomic E-state index is 11.9. The van der Waals surface area contributed by atoms with Gasteiger partial charge in [-0.15, -0.1) is 0 Å². The Labute approximate surface area is 93.6 Å². The topological polar surface area (TPSA) is 81.0 Å². The van der Waals surface area contributed by atoms with Gasteiger partial charge in [0.1, 0.15) is 0 Å². The van der Waals surface area contributed by atoms with Gasteiger partial charge < -0.3 is 20.2 Å². The minimum atomic E-state index is -0.449. The molecule has 1 unspecified atom stereocenters. The molecule has 1 amide bonds. The van der Waals surface area contributed by atoms with Gasteiger partial charge in [-0.05, 0) is 19.1 Å². The van der Waals surface area contributed by atoms with Crippen molar-refractivity contribution >= 4 is 5.91 Å². The quantitative estimate of drug-likeness (QED) is 0.656. The molecular weight excluding hydrogens is 210 g/mol. The molecule has 1 atom stereocenters. The van der Waals surface area contributed by atoms with Crippen molar-refractivity contribution in [3.05, 3.63) is 23.8 Å². The Morgan fingerprint density at radius 3 is 2.62 bits per heavy atom. The van der Waals surface area contributed by atoms with Gasteiger partial charge in [0, 0.05) is 7.05 Å². The smallest absolute Gasteiger partial charge is 0.257 e. The summed E-state index contributed by atoms with van der Waals surface area (Å²) < 4.78 is 0. The van der Waals surface area contributed by atoms with E-state index >= 15 is 0 Å². The van der Waals surface area contributed by atoms with Gasteiger partial charge in [0.05, 0.1) is 18.2 Å². The normalized spacial score (nSPS) is 12.2. The molecule has 0 radical (unpaired) electrons. The third-order valence-corrected chi connectivity index (χ3v) is 2.49. The Morgan fingerprint density at radius 1 is 1.44 bits per heavy atom. The van der Waals surface area contributed by atoms with Crippen molar-refractivity contribution < 1.29 is 20.1 Å². The second kappa shape index (κ2) is 4.85. The number of aliphatic hydroxyl groups is 1. The number of aromatic hydroxyl groups is 2. The first-order chi connectivity index (χ1) is 7.49. The lowest BCUT2D eigenvalue weighted by Crippen LogP contribution is -2.37. The first-order valence-corrected chi connectivity index (χ1v) is 4.88. The Bertz CT molecular complexity index is 392. The van der Waals surface area contributed by atoms with Crippen molar-refractivity contribution in [1.29, 1.82) is 0 Å². The number of carbonyl (C=O) groups excluding carboxylic acids is 1. The average Bonchev–Trinajstić information content (AvgIpc) is 2.29. The van der Waals surface area contributed by atoms with Crippen LogP contribution in [-0.4, -0.2) is 45.8 Å². The van der Waals surface area contributed by atoms with Crippen molar-refractivity contribution in [1.82, 2.24) is 4.90 Å². The number of para-hydroxylation sites is 1. The number of amides is 1. The van der Waals surface area contributed by atoms with Crippen LogP contribution in [0.15, 0.2) is 18.2 Å². The van der Waals surface area contributed by atoms with Crippen molar-refractivity contribution in [2.24, 2.45) is 0 Å². The third kappa shape index (κ3) is 2.25. The van der Waals surface area contributed by atoms with E-state index in [0.29, 0.717) is 0 Å². The number of phenolic OH excluding ortho intramolecular Hbond substituents is 2. The number of carbonyl (C=O) groups is 1. The molecule has 0 saturated heterocycles. The van der Waals surface area contributed by atoms with E-state index < -0.39 is 11.7 Å². The molecule has 1 aromatic rings. The van der Waals surface area contributed by atoms with Crippen LogP contribution in [0, 0.1) is 0 Å². The Morgan fingerprint density at radius 2 is 2.06 bits per heavy atom. The largest absolute Gasteiger partial charge is 0.504 e. The molecule has 1 aromatic carbocycles. The van der Waals surface area contributed by atoms with Crippen LogP contribution in [0.2, 0.25) is 0 Å². The van der Waals surface area contributed by atoms with Crippen LogP contribution >= 0.6 is 0 Å². The number of phenols is 2. The maximum atomic E-state index is 11.9. The van der Waals surface area contributed by atoms with Crippen LogP contribution in [0.3, 0.4) is 0 Å². The lowest BCUT2D eigenvalue weighted by Gasteiger charge is -2.23. The summed E-state index contributed by atoms with van der Waals surface area (Å²) in [6, 6.07) is 3.83. The Kier molecular flexibility index (Phi) is 3.73. The van der Waals surface area contributed by atoms with Crippen LogP contribution in [0.1, 0.15) is 17.3 Å². The molecule has 0 saturated carbocycles. The van der Waals surface area contributed by atoms with Gasteiger partial charge >= 0.3 is 0 Å². The fraction of sp³-hybridized carbons (Fsp3) is 0.364. The summed E-state index contributed by atoms with van der Waals surface area (Å²) in [4.78, 5) is 13.2. The monoisotopic (exact) mass is 225 g/mol. The van der Waals surface area contributed by atoms with E-state index in [1.807, 2.05) is 0 Å². The number of hydrogen-bond donors (Lipinski definition) is 3. The predicted octanol–water partition coefficient (Wildman–Crippen LogP) is 0.551. The summed E-state index contributed by atoms with van der Waals surface area (Å²) in [7, 11) is 1.52. The van der Waals surface area contributed by atoms with E-state index in [-0.39, 0.29) is 24.0 Å². The third-order valence-electron chi connectivity index (χ3n) is 2.49. The van der Waals surface area contributed by atoms with Gasteiger partial charge in [-0.3, -0.25) is 4.79 Å². The highest BCUT2D eigenvalue weighted by Crippen LogP contribution is 2.29. The lowest BCUT2D eigenvalue weighted by molar-refractivity contribution is 0.0678. The molecule has 1 rings (SSSR count). The minimum absolute atomic E-state index is 0.0165. The summed E-state index contributed by atoms with van der Waals surface area (Å²) in [5, 5.41) is 27.7. The zero-order valence-corrected chi connectivity index (χ0v) is 9.21. The second-order valence-electron chi connectivity index (χ2n) is 3.62. The average molecular weight is 225 g/mol. The van der Waals surface area contributed by atoms with Gasteiger partial charge in [-0.1, -0.05) is 6.07 Å². The first-order valence-electron chi connectivity index (χ1n) is 4.88. The zero-order valence-electron chi connectivity index (χ0n) is 9.21. The molecule has 0 aliphatic carbocycles. The highest BCUT2D eigenvalue weighted by Gasteiger charge is 2.20. The Balaban J connectivity index is 3.01. The number of rotatable bonds is 3. The molecule has 0 fully saturated rings. The number of aliphatic hydroxyl groups excluding tert-OH is 1. The highest BCUT2D eigenvalue weighted by atomic mass is 16.3. The molecule has 16 heavy (non-hydrogen) atoms. The summed E-state index contributed by atoms with van der Waals surface area (Å²) >= 11 is 0. The molecule has 0 aliphatic heterocycles.